The third kappa shape index (κ3) is 4.42. The first-order valence-corrected chi connectivity index (χ1v) is 7.31. The molecule has 1 aliphatic carbocycles. The van der Waals surface area contributed by atoms with Crippen molar-refractivity contribution >= 4 is 24.0 Å². The molecule has 122 valence electrons. The van der Waals surface area contributed by atoms with E-state index in [0.717, 1.165) is 24.8 Å². The molecule has 1 fully saturated rings. The van der Waals surface area contributed by atoms with Crippen molar-refractivity contribution in [3.63, 3.8) is 0 Å². The van der Waals surface area contributed by atoms with Gasteiger partial charge >= 0.3 is 0 Å². The molecule has 0 saturated heterocycles. The molecule has 1 aromatic carbocycles. The van der Waals surface area contributed by atoms with Crippen LogP contribution < -0.4 is 11.1 Å². The number of rotatable bonds is 5. The number of carbonyl (C=O) groups excluding carboxylic acids is 1. The van der Waals surface area contributed by atoms with Gasteiger partial charge in [-0.15, -0.1) is 12.4 Å². The zero-order valence-corrected chi connectivity index (χ0v) is 13.3. The summed E-state index contributed by atoms with van der Waals surface area (Å²) in [5.41, 5.74) is 6.65. The molecule has 2 rings (SSSR count). The minimum atomic E-state index is -0.423. The van der Waals surface area contributed by atoms with Gasteiger partial charge in [-0.3, -0.25) is 14.9 Å². The Morgan fingerprint density at radius 1 is 1.50 bits per heavy atom. The van der Waals surface area contributed by atoms with Crippen molar-refractivity contribution in [3.05, 3.63) is 39.9 Å². The molecule has 1 aliphatic rings. The third-order valence-electron chi connectivity index (χ3n) is 4.05. The lowest BCUT2D eigenvalue weighted by atomic mass is 10.0. The van der Waals surface area contributed by atoms with Crippen molar-refractivity contribution in [1.82, 2.24) is 5.32 Å². The molecular formula is C15H22ClN3O3. The molecule has 3 atom stereocenters. The molecule has 0 heterocycles. The maximum atomic E-state index is 12.3. The predicted octanol–water partition coefficient (Wildman–Crippen LogP) is 2.71. The first-order valence-electron chi connectivity index (χ1n) is 7.31. The molecule has 1 amide bonds. The van der Waals surface area contributed by atoms with Crippen LogP contribution in [-0.4, -0.2) is 16.9 Å². The number of nitro benzene ring substituents is 1. The number of nitrogens with two attached hydrogens (primary N) is 1. The minimum Gasteiger partial charge on any atom is -0.349 e. The molecule has 0 aliphatic heterocycles. The number of halogens is 1. The summed E-state index contributed by atoms with van der Waals surface area (Å²) in [4.78, 5) is 22.7. The largest absolute Gasteiger partial charge is 0.349 e. The van der Waals surface area contributed by atoms with Gasteiger partial charge in [0.05, 0.1) is 11.0 Å². The second kappa shape index (κ2) is 8.10. The molecule has 0 aromatic heterocycles. The Hall–Kier alpha value is -1.66. The normalized spacial score (nSPS) is 21.7. The molecule has 0 spiro atoms. The number of nitrogens with one attached hydrogen (secondary N) is 1. The van der Waals surface area contributed by atoms with Gasteiger partial charge in [-0.2, -0.15) is 0 Å². The summed E-state index contributed by atoms with van der Waals surface area (Å²) in [6.07, 6.45) is 3.10. The van der Waals surface area contributed by atoms with Crippen molar-refractivity contribution < 1.29 is 9.72 Å². The maximum Gasteiger partial charge on any atom is 0.269 e. The second-order valence-electron chi connectivity index (χ2n) is 5.59. The molecule has 22 heavy (non-hydrogen) atoms. The highest BCUT2D eigenvalue weighted by Gasteiger charge is 2.29. The predicted molar refractivity (Wildman–Crippen MR) is 86.8 cm³/mol. The molecule has 1 aromatic rings. The average Bonchev–Trinajstić information content (AvgIpc) is 2.91. The van der Waals surface area contributed by atoms with Crippen molar-refractivity contribution in [2.75, 3.05) is 0 Å². The summed E-state index contributed by atoms with van der Waals surface area (Å²) in [5, 5.41) is 13.8. The van der Waals surface area contributed by atoms with Gasteiger partial charge in [-0.25, -0.2) is 0 Å². The van der Waals surface area contributed by atoms with Gasteiger partial charge in [0.2, 0.25) is 5.91 Å². The fourth-order valence-corrected chi connectivity index (χ4v) is 2.82. The third-order valence-corrected chi connectivity index (χ3v) is 4.05. The van der Waals surface area contributed by atoms with Crippen molar-refractivity contribution in [1.29, 1.82) is 0 Å². The van der Waals surface area contributed by atoms with Crippen LogP contribution in [0.1, 0.15) is 44.2 Å². The van der Waals surface area contributed by atoms with Crippen LogP contribution in [0.25, 0.3) is 0 Å². The van der Waals surface area contributed by atoms with Crippen LogP contribution in [0.5, 0.6) is 0 Å². The zero-order valence-electron chi connectivity index (χ0n) is 12.5. The number of non-ortho nitro benzene ring substituents is 1. The van der Waals surface area contributed by atoms with E-state index in [4.69, 9.17) is 5.73 Å². The first kappa shape index (κ1) is 18.4. The second-order valence-corrected chi connectivity index (χ2v) is 5.59. The van der Waals surface area contributed by atoms with Crippen LogP contribution in [0.2, 0.25) is 0 Å². The van der Waals surface area contributed by atoms with Gasteiger partial charge in [-0.1, -0.05) is 19.1 Å². The number of amides is 1. The van der Waals surface area contributed by atoms with Gasteiger partial charge in [0.1, 0.15) is 0 Å². The zero-order chi connectivity index (χ0) is 15.4. The lowest BCUT2D eigenvalue weighted by molar-refractivity contribution is -0.384. The Morgan fingerprint density at radius 2 is 2.23 bits per heavy atom. The number of hydrogen-bond donors (Lipinski definition) is 2. The highest BCUT2D eigenvalue weighted by Crippen LogP contribution is 2.27. The fraction of sp³-hybridized carbons (Fsp3) is 0.533. The van der Waals surface area contributed by atoms with Gasteiger partial charge in [0, 0.05) is 24.1 Å². The summed E-state index contributed by atoms with van der Waals surface area (Å²) in [5.74, 6) is -0.0333. The van der Waals surface area contributed by atoms with E-state index in [1.54, 1.807) is 6.07 Å². The molecule has 6 nitrogen and oxygen atoms in total. The number of hydrogen-bond acceptors (Lipinski definition) is 4. The maximum absolute atomic E-state index is 12.3. The van der Waals surface area contributed by atoms with Crippen molar-refractivity contribution in [2.45, 2.75) is 44.7 Å². The Kier molecular flexibility index (Phi) is 6.77. The summed E-state index contributed by atoms with van der Waals surface area (Å²) in [7, 11) is 0. The Labute approximate surface area is 136 Å². The minimum absolute atomic E-state index is 0. The fourth-order valence-electron chi connectivity index (χ4n) is 2.82. The van der Waals surface area contributed by atoms with Crippen LogP contribution in [0, 0.1) is 16.0 Å². The molecular weight excluding hydrogens is 306 g/mol. The van der Waals surface area contributed by atoms with E-state index in [9.17, 15) is 14.9 Å². The monoisotopic (exact) mass is 327 g/mol. The van der Waals surface area contributed by atoms with Gasteiger partial charge in [0.15, 0.2) is 0 Å². The van der Waals surface area contributed by atoms with Gasteiger partial charge in [0.25, 0.3) is 5.69 Å². The number of nitro groups is 1. The van der Waals surface area contributed by atoms with Crippen LogP contribution in [0.4, 0.5) is 5.69 Å². The molecule has 1 saturated carbocycles. The molecule has 0 bridgehead atoms. The quantitative estimate of drug-likeness (QED) is 0.641. The van der Waals surface area contributed by atoms with E-state index < -0.39 is 4.92 Å². The summed E-state index contributed by atoms with van der Waals surface area (Å²) in [6.45, 7) is 1.95. The number of nitrogens with zero attached hydrogens (tertiary/aromatic N) is 1. The standard InChI is InChI=1S/C15H21N3O3.ClH/c1-2-14(10-4-3-5-13(9-10)18(20)21)17-15(19)11-6-7-12(16)8-11;/h3-5,9,11-12,14H,2,6-8,16H2,1H3,(H,17,19);1H. The lowest BCUT2D eigenvalue weighted by Gasteiger charge is -2.20. The molecule has 3 N–H and O–H groups in total. The SMILES string of the molecule is CCC(NC(=O)C1CCC(N)C1)c1cccc([N+](=O)[O-])c1.Cl. The van der Waals surface area contributed by atoms with Gasteiger partial charge in [-0.05, 0) is 31.2 Å². The number of benzene rings is 1. The summed E-state index contributed by atoms with van der Waals surface area (Å²) in [6, 6.07) is 6.34. The summed E-state index contributed by atoms with van der Waals surface area (Å²) < 4.78 is 0. The van der Waals surface area contributed by atoms with E-state index in [1.165, 1.54) is 12.1 Å². The van der Waals surface area contributed by atoms with Crippen molar-refractivity contribution in [2.24, 2.45) is 11.7 Å². The highest BCUT2D eigenvalue weighted by molar-refractivity contribution is 5.85. The first-order chi connectivity index (χ1) is 10.0. The Bertz CT molecular complexity index is 539. The molecule has 7 heteroatoms. The molecule has 0 radical (unpaired) electrons. The van der Waals surface area contributed by atoms with Crippen LogP contribution in [0.15, 0.2) is 24.3 Å². The molecule has 3 unspecified atom stereocenters. The van der Waals surface area contributed by atoms with Crippen molar-refractivity contribution in [3.8, 4) is 0 Å². The Balaban J connectivity index is 0.00000242. The van der Waals surface area contributed by atoms with E-state index in [0.29, 0.717) is 6.42 Å². The van der Waals surface area contributed by atoms with E-state index in [-0.39, 0.29) is 42.0 Å². The Morgan fingerprint density at radius 3 is 2.77 bits per heavy atom. The van der Waals surface area contributed by atoms with E-state index in [2.05, 4.69) is 5.32 Å². The summed E-state index contributed by atoms with van der Waals surface area (Å²) >= 11 is 0. The smallest absolute Gasteiger partial charge is 0.269 e. The lowest BCUT2D eigenvalue weighted by Crippen LogP contribution is -2.33. The van der Waals surface area contributed by atoms with Crippen LogP contribution in [-0.2, 0) is 4.79 Å². The van der Waals surface area contributed by atoms with Gasteiger partial charge < -0.3 is 11.1 Å². The van der Waals surface area contributed by atoms with Crippen LogP contribution in [0.3, 0.4) is 0 Å². The van der Waals surface area contributed by atoms with E-state index >= 15 is 0 Å². The highest BCUT2D eigenvalue weighted by atomic mass is 35.5. The number of carbonyl (C=O) groups is 1. The topological polar surface area (TPSA) is 98.3 Å². The van der Waals surface area contributed by atoms with E-state index in [1.807, 2.05) is 13.0 Å². The average molecular weight is 328 g/mol. The van der Waals surface area contributed by atoms with Crippen LogP contribution >= 0.6 is 12.4 Å².